The molecule has 0 unspecified atom stereocenters. The van der Waals surface area contributed by atoms with E-state index in [1.807, 2.05) is 49.4 Å². The lowest BCUT2D eigenvalue weighted by Crippen LogP contribution is -2.05. The summed E-state index contributed by atoms with van der Waals surface area (Å²) in [6.45, 7) is 2.43. The van der Waals surface area contributed by atoms with Gasteiger partial charge in [-0.1, -0.05) is 23.7 Å². The zero-order valence-corrected chi connectivity index (χ0v) is 15.3. The number of methoxy groups -OCH3 is 1. The minimum Gasteiger partial charge on any atom is -0.497 e. The Morgan fingerprint density at radius 1 is 1.16 bits per heavy atom. The molecule has 3 rings (SSSR count). The van der Waals surface area contributed by atoms with Crippen LogP contribution in [-0.4, -0.2) is 22.1 Å². The number of carbonyl (C=O) groups excluding carboxylic acids is 1. The maximum atomic E-state index is 11.5. The van der Waals surface area contributed by atoms with Gasteiger partial charge >= 0.3 is 0 Å². The smallest absolute Gasteiger partial charge is 0.272 e. The quantitative estimate of drug-likeness (QED) is 0.593. The van der Waals surface area contributed by atoms with Gasteiger partial charge in [-0.15, -0.1) is 0 Å². The SMILES string of the molecule is COc1ccc(-c2cc(C(=O)Cl)nn2Cc2ccc(C)c(Cl)c2)cc1. The van der Waals surface area contributed by atoms with Crippen LogP contribution in [0.5, 0.6) is 5.75 Å². The van der Waals surface area contributed by atoms with Gasteiger partial charge in [0, 0.05) is 10.6 Å². The Labute approximate surface area is 155 Å². The van der Waals surface area contributed by atoms with Crippen molar-refractivity contribution in [3.63, 3.8) is 0 Å². The summed E-state index contributed by atoms with van der Waals surface area (Å²) in [6, 6.07) is 15.1. The van der Waals surface area contributed by atoms with Crippen LogP contribution in [0.25, 0.3) is 11.3 Å². The van der Waals surface area contributed by atoms with Crippen molar-refractivity contribution in [2.45, 2.75) is 13.5 Å². The number of carbonyl (C=O) groups is 1. The standard InChI is InChI=1S/C19H16Cl2N2O2/c1-12-3-4-13(9-16(12)20)11-23-18(10-17(22-23)19(21)24)14-5-7-15(25-2)8-6-14/h3-10H,11H2,1-2H3. The van der Waals surface area contributed by atoms with Crippen LogP contribution >= 0.6 is 23.2 Å². The maximum Gasteiger partial charge on any atom is 0.272 e. The van der Waals surface area contributed by atoms with Crippen LogP contribution in [0.1, 0.15) is 21.6 Å². The van der Waals surface area contributed by atoms with Crippen molar-refractivity contribution in [1.82, 2.24) is 9.78 Å². The molecule has 0 atom stereocenters. The average Bonchev–Trinajstić information content (AvgIpc) is 3.02. The van der Waals surface area contributed by atoms with Gasteiger partial charge in [-0.25, -0.2) is 0 Å². The number of hydrogen-bond donors (Lipinski definition) is 0. The summed E-state index contributed by atoms with van der Waals surface area (Å²) in [6.07, 6.45) is 0. The Hall–Kier alpha value is -2.30. The van der Waals surface area contributed by atoms with E-state index in [2.05, 4.69) is 5.10 Å². The molecule has 0 bridgehead atoms. The highest BCUT2D eigenvalue weighted by molar-refractivity contribution is 6.67. The van der Waals surface area contributed by atoms with E-state index >= 15 is 0 Å². The van der Waals surface area contributed by atoms with Crippen LogP contribution in [0.3, 0.4) is 0 Å². The fourth-order valence-corrected chi connectivity index (χ4v) is 2.83. The number of benzene rings is 2. The Balaban J connectivity index is 2.01. The molecule has 4 nitrogen and oxygen atoms in total. The summed E-state index contributed by atoms with van der Waals surface area (Å²) in [7, 11) is 1.62. The number of ether oxygens (including phenoxy) is 1. The normalized spacial score (nSPS) is 10.7. The molecule has 128 valence electrons. The van der Waals surface area contributed by atoms with Crippen LogP contribution in [-0.2, 0) is 6.54 Å². The van der Waals surface area contributed by atoms with Crippen molar-refractivity contribution >= 4 is 28.4 Å². The van der Waals surface area contributed by atoms with Crippen LogP contribution in [0.15, 0.2) is 48.5 Å². The molecule has 0 fully saturated rings. The van der Waals surface area contributed by atoms with E-state index in [1.165, 1.54) is 0 Å². The number of halogens is 2. The van der Waals surface area contributed by atoms with Gasteiger partial charge in [0.2, 0.25) is 0 Å². The van der Waals surface area contributed by atoms with Gasteiger partial charge in [0.25, 0.3) is 5.24 Å². The van der Waals surface area contributed by atoms with E-state index in [0.717, 1.165) is 28.1 Å². The van der Waals surface area contributed by atoms with Gasteiger partial charge < -0.3 is 4.74 Å². The largest absolute Gasteiger partial charge is 0.497 e. The molecule has 0 aliphatic carbocycles. The second kappa shape index (κ2) is 7.30. The first kappa shape index (κ1) is 17.5. The van der Waals surface area contributed by atoms with Gasteiger partial charge in [0.1, 0.15) is 11.4 Å². The molecule has 0 aliphatic heterocycles. The first-order valence-corrected chi connectivity index (χ1v) is 8.40. The van der Waals surface area contributed by atoms with Crippen molar-refractivity contribution in [3.8, 4) is 17.0 Å². The highest BCUT2D eigenvalue weighted by Crippen LogP contribution is 2.25. The zero-order chi connectivity index (χ0) is 18.0. The van der Waals surface area contributed by atoms with Crippen LogP contribution in [0.2, 0.25) is 5.02 Å². The van der Waals surface area contributed by atoms with Crippen LogP contribution in [0, 0.1) is 6.92 Å². The minimum absolute atomic E-state index is 0.214. The van der Waals surface area contributed by atoms with Crippen molar-refractivity contribution in [1.29, 1.82) is 0 Å². The van der Waals surface area contributed by atoms with Gasteiger partial charge in [-0.05, 0) is 66.0 Å². The molecule has 0 radical (unpaired) electrons. The predicted molar refractivity (Wildman–Crippen MR) is 99.7 cm³/mol. The molecule has 0 spiro atoms. The molecule has 25 heavy (non-hydrogen) atoms. The van der Waals surface area contributed by atoms with E-state index < -0.39 is 5.24 Å². The third-order valence-electron chi connectivity index (χ3n) is 3.94. The predicted octanol–water partition coefficient (Wildman–Crippen LogP) is 4.95. The maximum absolute atomic E-state index is 11.5. The van der Waals surface area contributed by atoms with Gasteiger partial charge in [-0.3, -0.25) is 9.48 Å². The molecular formula is C19H16Cl2N2O2. The molecule has 0 aliphatic rings. The highest BCUT2D eigenvalue weighted by Gasteiger charge is 2.15. The molecule has 0 amide bonds. The average molecular weight is 375 g/mol. The highest BCUT2D eigenvalue weighted by atomic mass is 35.5. The second-order valence-electron chi connectivity index (χ2n) is 5.66. The number of nitrogens with zero attached hydrogens (tertiary/aromatic N) is 2. The van der Waals surface area contributed by atoms with E-state index in [-0.39, 0.29) is 5.69 Å². The Kier molecular flexibility index (Phi) is 5.11. The summed E-state index contributed by atoms with van der Waals surface area (Å²) in [5, 5.41) is 4.45. The fourth-order valence-electron chi connectivity index (χ4n) is 2.54. The molecular weight excluding hydrogens is 359 g/mol. The van der Waals surface area contributed by atoms with Gasteiger partial charge in [0.15, 0.2) is 0 Å². The lowest BCUT2D eigenvalue weighted by atomic mass is 10.1. The molecule has 2 aromatic carbocycles. The third kappa shape index (κ3) is 3.86. The minimum atomic E-state index is -0.588. The number of aryl methyl sites for hydroxylation is 1. The van der Waals surface area contributed by atoms with E-state index in [4.69, 9.17) is 27.9 Å². The summed E-state index contributed by atoms with van der Waals surface area (Å²) >= 11 is 11.8. The zero-order valence-electron chi connectivity index (χ0n) is 13.8. The second-order valence-corrected chi connectivity index (χ2v) is 6.41. The lowest BCUT2D eigenvalue weighted by Gasteiger charge is -2.09. The van der Waals surface area contributed by atoms with Gasteiger partial charge in [0.05, 0.1) is 19.3 Å². The number of rotatable bonds is 5. The van der Waals surface area contributed by atoms with Crippen LogP contribution < -0.4 is 4.74 Å². The Bertz CT molecular complexity index is 918. The Morgan fingerprint density at radius 3 is 2.48 bits per heavy atom. The monoisotopic (exact) mass is 374 g/mol. The first-order valence-electron chi connectivity index (χ1n) is 7.65. The topological polar surface area (TPSA) is 44.1 Å². The Morgan fingerprint density at radius 2 is 1.88 bits per heavy atom. The van der Waals surface area contributed by atoms with Crippen molar-refractivity contribution in [2.75, 3.05) is 7.11 Å². The number of aromatic nitrogens is 2. The molecule has 0 N–H and O–H groups in total. The summed E-state index contributed by atoms with van der Waals surface area (Å²) in [4.78, 5) is 11.5. The van der Waals surface area contributed by atoms with Crippen molar-refractivity contribution in [2.24, 2.45) is 0 Å². The van der Waals surface area contributed by atoms with E-state index in [9.17, 15) is 4.79 Å². The molecule has 0 saturated heterocycles. The molecule has 1 heterocycles. The fraction of sp³-hybridized carbons (Fsp3) is 0.158. The molecule has 6 heteroatoms. The van der Waals surface area contributed by atoms with Crippen LogP contribution in [0.4, 0.5) is 0 Å². The number of hydrogen-bond acceptors (Lipinski definition) is 3. The first-order chi connectivity index (χ1) is 12.0. The van der Waals surface area contributed by atoms with E-state index in [1.54, 1.807) is 17.9 Å². The van der Waals surface area contributed by atoms with Gasteiger partial charge in [-0.2, -0.15) is 5.10 Å². The molecule has 1 aromatic heterocycles. The third-order valence-corrected chi connectivity index (χ3v) is 4.54. The lowest BCUT2D eigenvalue weighted by molar-refractivity contribution is 0.107. The molecule has 3 aromatic rings. The summed E-state index contributed by atoms with van der Waals surface area (Å²) in [5.41, 5.74) is 3.92. The molecule has 0 saturated carbocycles. The van der Waals surface area contributed by atoms with Crippen molar-refractivity contribution < 1.29 is 9.53 Å². The summed E-state index contributed by atoms with van der Waals surface area (Å²) < 4.78 is 6.93. The van der Waals surface area contributed by atoms with Crippen molar-refractivity contribution in [3.05, 3.63) is 70.4 Å². The van der Waals surface area contributed by atoms with E-state index in [0.29, 0.717) is 11.6 Å². The summed E-state index contributed by atoms with van der Waals surface area (Å²) in [5.74, 6) is 0.758.